The Hall–Kier alpha value is -1.09. The molecule has 3 heteroatoms. The van der Waals surface area contributed by atoms with Crippen LogP contribution in [0.25, 0.3) is 0 Å². The predicted molar refractivity (Wildman–Crippen MR) is 79.8 cm³/mol. The lowest BCUT2D eigenvalue weighted by molar-refractivity contribution is 0.618. The number of rotatable bonds is 5. The molecule has 1 aromatic rings. The van der Waals surface area contributed by atoms with Crippen LogP contribution in [-0.2, 0) is 0 Å². The fourth-order valence-electron chi connectivity index (χ4n) is 1.98. The maximum Gasteiger partial charge on any atom is 0.104 e. The average molecular weight is 250 g/mol. The molecule has 17 heavy (non-hydrogen) atoms. The van der Waals surface area contributed by atoms with Crippen molar-refractivity contribution in [1.82, 2.24) is 0 Å². The van der Waals surface area contributed by atoms with Crippen molar-refractivity contribution in [1.29, 1.82) is 0 Å². The van der Waals surface area contributed by atoms with Crippen molar-refractivity contribution in [2.75, 3.05) is 18.0 Å². The van der Waals surface area contributed by atoms with Gasteiger partial charge in [0.2, 0.25) is 0 Å². The summed E-state index contributed by atoms with van der Waals surface area (Å²) in [6.45, 7) is 10.8. The van der Waals surface area contributed by atoms with Crippen molar-refractivity contribution < 1.29 is 0 Å². The Morgan fingerprint density at radius 2 is 2.06 bits per heavy atom. The van der Waals surface area contributed by atoms with E-state index in [2.05, 4.69) is 44.7 Å². The van der Waals surface area contributed by atoms with Crippen molar-refractivity contribution in [2.45, 2.75) is 27.7 Å². The molecule has 0 amide bonds. The Morgan fingerprint density at radius 3 is 2.47 bits per heavy atom. The maximum atomic E-state index is 5.67. The van der Waals surface area contributed by atoms with Crippen LogP contribution in [-0.4, -0.2) is 18.1 Å². The van der Waals surface area contributed by atoms with Crippen LogP contribution in [0.2, 0.25) is 0 Å². The highest BCUT2D eigenvalue weighted by Gasteiger charge is 2.09. The molecule has 0 saturated carbocycles. The van der Waals surface area contributed by atoms with Crippen LogP contribution in [0.1, 0.15) is 31.9 Å². The number of aryl methyl sites for hydroxylation is 1. The van der Waals surface area contributed by atoms with E-state index >= 15 is 0 Å². The summed E-state index contributed by atoms with van der Waals surface area (Å²) in [6.07, 6.45) is 0. The molecule has 94 valence electrons. The van der Waals surface area contributed by atoms with Gasteiger partial charge in [-0.15, -0.1) is 0 Å². The third-order valence-electron chi connectivity index (χ3n) is 2.81. The van der Waals surface area contributed by atoms with Gasteiger partial charge in [0.05, 0.1) is 0 Å². The fraction of sp³-hybridized carbons (Fsp3) is 0.500. The number of anilines is 1. The molecule has 1 rings (SSSR count). The third kappa shape index (κ3) is 3.70. The minimum absolute atomic E-state index is 0.473. The van der Waals surface area contributed by atoms with Gasteiger partial charge in [-0.3, -0.25) is 0 Å². The van der Waals surface area contributed by atoms with E-state index in [-0.39, 0.29) is 0 Å². The van der Waals surface area contributed by atoms with E-state index in [1.54, 1.807) is 0 Å². The first-order valence-corrected chi connectivity index (χ1v) is 6.52. The molecule has 0 radical (unpaired) electrons. The summed E-state index contributed by atoms with van der Waals surface area (Å²) < 4.78 is 0. The van der Waals surface area contributed by atoms with E-state index < -0.39 is 0 Å². The summed E-state index contributed by atoms with van der Waals surface area (Å²) in [5.74, 6) is 0.658. The molecule has 0 atom stereocenters. The molecule has 0 fully saturated rings. The number of hydrogen-bond donors (Lipinski definition) is 1. The molecule has 0 heterocycles. The molecule has 0 aliphatic carbocycles. The molecule has 0 aliphatic heterocycles. The number of nitrogens with zero attached hydrogens (tertiary/aromatic N) is 1. The summed E-state index contributed by atoms with van der Waals surface area (Å²) in [7, 11) is 0. The minimum atomic E-state index is 0.473. The van der Waals surface area contributed by atoms with Gasteiger partial charge in [-0.1, -0.05) is 26.1 Å². The van der Waals surface area contributed by atoms with E-state index in [1.165, 1.54) is 5.69 Å². The Balaban J connectivity index is 2.98. The van der Waals surface area contributed by atoms with E-state index in [4.69, 9.17) is 18.0 Å². The molecular formula is C14H22N2S. The van der Waals surface area contributed by atoms with Gasteiger partial charge in [0.25, 0.3) is 0 Å². The SMILES string of the molecule is CCN(CC(C)C)c1ccc(C(N)=S)c(C)c1. The number of thiocarbonyl (C=S) groups is 1. The van der Waals surface area contributed by atoms with Gasteiger partial charge in [-0.05, 0) is 43.5 Å². The zero-order chi connectivity index (χ0) is 13.0. The van der Waals surface area contributed by atoms with Crippen molar-refractivity contribution in [3.8, 4) is 0 Å². The van der Waals surface area contributed by atoms with Crippen LogP contribution in [0.3, 0.4) is 0 Å². The summed E-state index contributed by atoms with van der Waals surface area (Å²) in [4.78, 5) is 2.85. The quantitative estimate of drug-likeness (QED) is 0.814. The van der Waals surface area contributed by atoms with Gasteiger partial charge < -0.3 is 10.6 Å². The monoisotopic (exact) mass is 250 g/mol. The minimum Gasteiger partial charge on any atom is -0.389 e. The van der Waals surface area contributed by atoms with Crippen molar-refractivity contribution in [3.63, 3.8) is 0 Å². The molecule has 0 saturated heterocycles. The average Bonchev–Trinajstić information content (AvgIpc) is 2.24. The van der Waals surface area contributed by atoms with Crippen LogP contribution >= 0.6 is 12.2 Å². The van der Waals surface area contributed by atoms with Crippen LogP contribution < -0.4 is 10.6 Å². The number of hydrogen-bond acceptors (Lipinski definition) is 2. The summed E-state index contributed by atoms with van der Waals surface area (Å²) in [5.41, 5.74) is 9.05. The molecular weight excluding hydrogens is 228 g/mol. The van der Waals surface area contributed by atoms with Gasteiger partial charge in [0.1, 0.15) is 4.99 Å². The van der Waals surface area contributed by atoms with Gasteiger partial charge >= 0.3 is 0 Å². The fourth-order valence-corrected chi connectivity index (χ4v) is 2.21. The number of benzene rings is 1. The highest BCUT2D eigenvalue weighted by molar-refractivity contribution is 7.80. The first kappa shape index (κ1) is 14.0. The van der Waals surface area contributed by atoms with Crippen molar-refractivity contribution >= 4 is 22.9 Å². The Morgan fingerprint density at radius 1 is 1.41 bits per heavy atom. The van der Waals surface area contributed by atoms with Crippen LogP contribution in [0.5, 0.6) is 0 Å². The van der Waals surface area contributed by atoms with E-state index in [1.807, 2.05) is 6.07 Å². The van der Waals surface area contributed by atoms with Crippen LogP contribution in [0, 0.1) is 12.8 Å². The predicted octanol–water partition coefficient (Wildman–Crippen LogP) is 3.11. The molecule has 0 spiro atoms. The van der Waals surface area contributed by atoms with E-state index in [9.17, 15) is 0 Å². The lowest BCUT2D eigenvalue weighted by atomic mass is 10.1. The largest absolute Gasteiger partial charge is 0.389 e. The van der Waals surface area contributed by atoms with Gasteiger partial charge in [-0.25, -0.2) is 0 Å². The lowest BCUT2D eigenvalue weighted by Gasteiger charge is -2.26. The second kappa shape index (κ2) is 6.01. The van der Waals surface area contributed by atoms with Gasteiger partial charge in [0, 0.05) is 24.3 Å². The summed E-state index contributed by atoms with van der Waals surface area (Å²) >= 11 is 5.02. The Labute approximate surface area is 110 Å². The molecule has 0 aliphatic rings. The topological polar surface area (TPSA) is 29.3 Å². The molecule has 0 unspecified atom stereocenters. The zero-order valence-corrected chi connectivity index (χ0v) is 12.0. The summed E-state index contributed by atoms with van der Waals surface area (Å²) in [5, 5.41) is 0. The second-order valence-corrected chi connectivity index (χ2v) is 5.24. The van der Waals surface area contributed by atoms with Crippen molar-refractivity contribution in [2.24, 2.45) is 11.7 Å². The smallest absolute Gasteiger partial charge is 0.104 e. The van der Waals surface area contributed by atoms with Crippen LogP contribution in [0.4, 0.5) is 5.69 Å². The Bertz CT molecular complexity index is 399. The molecule has 2 N–H and O–H groups in total. The normalized spacial score (nSPS) is 10.6. The Kier molecular flexibility index (Phi) is 4.94. The molecule has 0 bridgehead atoms. The van der Waals surface area contributed by atoms with E-state index in [0.717, 1.165) is 24.2 Å². The molecule has 0 aromatic heterocycles. The first-order valence-electron chi connectivity index (χ1n) is 6.11. The van der Waals surface area contributed by atoms with Crippen molar-refractivity contribution in [3.05, 3.63) is 29.3 Å². The second-order valence-electron chi connectivity index (χ2n) is 4.80. The van der Waals surface area contributed by atoms with Crippen LogP contribution in [0.15, 0.2) is 18.2 Å². The maximum absolute atomic E-state index is 5.67. The first-order chi connectivity index (χ1) is 7.95. The van der Waals surface area contributed by atoms with E-state index in [0.29, 0.717) is 10.9 Å². The molecule has 1 aromatic carbocycles. The number of nitrogens with two attached hydrogens (primary N) is 1. The molecule has 2 nitrogen and oxygen atoms in total. The highest BCUT2D eigenvalue weighted by Crippen LogP contribution is 2.20. The highest BCUT2D eigenvalue weighted by atomic mass is 32.1. The zero-order valence-electron chi connectivity index (χ0n) is 11.2. The third-order valence-corrected chi connectivity index (χ3v) is 3.03. The lowest BCUT2D eigenvalue weighted by Crippen LogP contribution is -2.27. The standard InChI is InChI=1S/C14H22N2S/c1-5-16(9-10(2)3)12-6-7-13(14(15)17)11(4)8-12/h6-8,10H,5,9H2,1-4H3,(H2,15,17). The summed E-state index contributed by atoms with van der Waals surface area (Å²) in [6, 6.07) is 6.30. The van der Waals surface area contributed by atoms with Gasteiger partial charge in [0.15, 0.2) is 0 Å². The van der Waals surface area contributed by atoms with Gasteiger partial charge in [-0.2, -0.15) is 0 Å².